The number of rotatable bonds is 6. The molecule has 0 saturated carbocycles. The highest BCUT2D eigenvalue weighted by molar-refractivity contribution is 5.93. The summed E-state index contributed by atoms with van der Waals surface area (Å²) in [6, 6.07) is 4.26. The third-order valence-electron chi connectivity index (χ3n) is 2.98. The standard InChI is InChI=1S/C15H20N2O3/c1-4-7-12(14(18)19)16-15(20)17-13-10(3)8-6-9-11(13)5-2/h4,6,8-9,12H,1,5,7H2,2-3H3,(H,18,19)(H2,16,17,20). The van der Waals surface area contributed by atoms with Crippen LogP contribution in [-0.4, -0.2) is 23.1 Å². The van der Waals surface area contributed by atoms with Crippen molar-refractivity contribution >= 4 is 17.7 Å². The molecule has 0 radical (unpaired) electrons. The monoisotopic (exact) mass is 276 g/mol. The molecule has 108 valence electrons. The van der Waals surface area contributed by atoms with E-state index in [1.165, 1.54) is 6.08 Å². The molecule has 0 bridgehead atoms. The fraction of sp³-hybridized carbons (Fsp3) is 0.333. The first kappa shape index (κ1) is 15.8. The Morgan fingerprint density at radius 1 is 1.45 bits per heavy atom. The van der Waals surface area contributed by atoms with Crippen LogP contribution in [0.3, 0.4) is 0 Å². The van der Waals surface area contributed by atoms with Crippen molar-refractivity contribution in [3.05, 3.63) is 42.0 Å². The third-order valence-corrected chi connectivity index (χ3v) is 2.98. The zero-order valence-electron chi connectivity index (χ0n) is 11.8. The molecule has 0 aromatic heterocycles. The van der Waals surface area contributed by atoms with E-state index in [1.807, 2.05) is 32.0 Å². The van der Waals surface area contributed by atoms with Gasteiger partial charge in [-0.05, 0) is 30.9 Å². The largest absolute Gasteiger partial charge is 0.480 e. The van der Waals surface area contributed by atoms with Crippen LogP contribution in [-0.2, 0) is 11.2 Å². The van der Waals surface area contributed by atoms with Crippen LogP contribution in [0.4, 0.5) is 10.5 Å². The summed E-state index contributed by atoms with van der Waals surface area (Å²) in [6.45, 7) is 7.37. The molecule has 20 heavy (non-hydrogen) atoms. The number of carboxylic acids is 1. The smallest absolute Gasteiger partial charge is 0.326 e. The normalized spacial score (nSPS) is 11.5. The number of anilines is 1. The van der Waals surface area contributed by atoms with Crippen molar-refractivity contribution in [1.82, 2.24) is 5.32 Å². The van der Waals surface area contributed by atoms with Crippen LogP contribution in [0.2, 0.25) is 0 Å². The lowest BCUT2D eigenvalue weighted by Gasteiger charge is -2.16. The molecular weight excluding hydrogens is 256 g/mol. The average molecular weight is 276 g/mol. The summed E-state index contributed by atoms with van der Waals surface area (Å²) in [5.41, 5.74) is 2.68. The van der Waals surface area contributed by atoms with Crippen LogP contribution >= 0.6 is 0 Å². The number of aliphatic carboxylic acids is 1. The van der Waals surface area contributed by atoms with Crippen LogP contribution in [0, 0.1) is 6.92 Å². The second kappa shape index (κ2) is 7.33. The maximum Gasteiger partial charge on any atom is 0.326 e. The lowest BCUT2D eigenvalue weighted by atomic mass is 10.1. The van der Waals surface area contributed by atoms with Gasteiger partial charge in [-0.15, -0.1) is 6.58 Å². The number of amides is 2. The molecule has 0 aliphatic heterocycles. The Balaban J connectivity index is 2.80. The van der Waals surface area contributed by atoms with Crippen molar-refractivity contribution in [3.63, 3.8) is 0 Å². The molecule has 0 fully saturated rings. The molecular formula is C15H20N2O3. The predicted molar refractivity (Wildman–Crippen MR) is 78.9 cm³/mol. The van der Waals surface area contributed by atoms with Crippen LogP contribution in [0.5, 0.6) is 0 Å². The fourth-order valence-corrected chi connectivity index (χ4v) is 1.90. The van der Waals surface area contributed by atoms with Crippen molar-refractivity contribution in [3.8, 4) is 0 Å². The molecule has 0 aliphatic carbocycles. The number of hydrogen-bond donors (Lipinski definition) is 3. The molecule has 0 saturated heterocycles. The molecule has 1 aromatic rings. The van der Waals surface area contributed by atoms with Gasteiger partial charge in [0.15, 0.2) is 0 Å². The summed E-state index contributed by atoms with van der Waals surface area (Å²) in [5, 5.41) is 14.1. The Labute approximate surface area is 118 Å². The third kappa shape index (κ3) is 4.12. The van der Waals surface area contributed by atoms with Crippen molar-refractivity contribution < 1.29 is 14.7 Å². The number of aryl methyl sites for hydroxylation is 2. The van der Waals surface area contributed by atoms with E-state index in [0.29, 0.717) is 0 Å². The molecule has 5 heteroatoms. The minimum absolute atomic E-state index is 0.178. The predicted octanol–water partition coefficient (Wildman–Crippen LogP) is 2.71. The van der Waals surface area contributed by atoms with Crippen LogP contribution in [0.1, 0.15) is 24.5 Å². The topological polar surface area (TPSA) is 78.4 Å². The number of benzene rings is 1. The quantitative estimate of drug-likeness (QED) is 0.699. The van der Waals surface area contributed by atoms with Crippen molar-refractivity contribution in [2.75, 3.05) is 5.32 Å². The number of carbonyl (C=O) groups excluding carboxylic acids is 1. The van der Waals surface area contributed by atoms with Gasteiger partial charge in [0.1, 0.15) is 6.04 Å². The summed E-state index contributed by atoms with van der Waals surface area (Å²) in [5.74, 6) is -1.08. The summed E-state index contributed by atoms with van der Waals surface area (Å²) < 4.78 is 0. The van der Waals surface area contributed by atoms with Gasteiger partial charge in [-0.25, -0.2) is 9.59 Å². The molecule has 5 nitrogen and oxygen atoms in total. The highest BCUT2D eigenvalue weighted by Gasteiger charge is 2.18. The van der Waals surface area contributed by atoms with Gasteiger partial charge in [0, 0.05) is 5.69 Å². The molecule has 1 unspecified atom stereocenters. The second-order valence-corrected chi connectivity index (χ2v) is 4.48. The van der Waals surface area contributed by atoms with E-state index in [0.717, 1.165) is 23.2 Å². The van der Waals surface area contributed by atoms with E-state index in [2.05, 4.69) is 17.2 Å². The summed E-state index contributed by atoms with van der Waals surface area (Å²) in [4.78, 5) is 22.9. The van der Waals surface area contributed by atoms with E-state index < -0.39 is 18.0 Å². The maximum atomic E-state index is 11.9. The first-order valence-corrected chi connectivity index (χ1v) is 6.49. The number of hydrogen-bond acceptors (Lipinski definition) is 2. The van der Waals surface area contributed by atoms with Gasteiger partial charge in [0.2, 0.25) is 0 Å². The maximum absolute atomic E-state index is 11.9. The number of urea groups is 1. The van der Waals surface area contributed by atoms with E-state index in [1.54, 1.807) is 0 Å². The Kier molecular flexibility index (Phi) is 5.77. The molecule has 0 aliphatic rings. The second-order valence-electron chi connectivity index (χ2n) is 4.48. The molecule has 0 spiro atoms. The zero-order valence-corrected chi connectivity index (χ0v) is 11.8. The lowest BCUT2D eigenvalue weighted by molar-refractivity contribution is -0.139. The SMILES string of the molecule is C=CCC(NC(=O)Nc1c(C)cccc1CC)C(=O)O. The Hall–Kier alpha value is -2.30. The number of carbonyl (C=O) groups is 2. The molecule has 2 amide bonds. The summed E-state index contributed by atoms with van der Waals surface area (Å²) in [6.07, 6.45) is 2.42. The number of nitrogens with one attached hydrogen (secondary N) is 2. The molecule has 0 heterocycles. The van der Waals surface area contributed by atoms with E-state index in [9.17, 15) is 9.59 Å². The van der Waals surface area contributed by atoms with Gasteiger partial charge >= 0.3 is 12.0 Å². The highest BCUT2D eigenvalue weighted by Crippen LogP contribution is 2.20. The zero-order chi connectivity index (χ0) is 15.1. The van der Waals surface area contributed by atoms with Gasteiger partial charge in [0.05, 0.1) is 0 Å². The molecule has 1 rings (SSSR count). The van der Waals surface area contributed by atoms with Gasteiger partial charge in [0.25, 0.3) is 0 Å². The summed E-state index contributed by atoms with van der Waals surface area (Å²) in [7, 11) is 0. The van der Waals surface area contributed by atoms with Crippen molar-refractivity contribution in [2.45, 2.75) is 32.7 Å². The van der Waals surface area contributed by atoms with Crippen LogP contribution in [0.15, 0.2) is 30.9 Å². The summed E-state index contributed by atoms with van der Waals surface area (Å²) >= 11 is 0. The Bertz CT molecular complexity index is 512. The first-order chi connectivity index (χ1) is 9.49. The van der Waals surface area contributed by atoms with E-state index in [4.69, 9.17) is 5.11 Å². The van der Waals surface area contributed by atoms with Crippen molar-refractivity contribution in [1.29, 1.82) is 0 Å². The lowest BCUT2D eigenvalue weighted by Crippen LogP contribution is -2.42. The minimum atomic E-state index is -1.08. The molecule has 3 N–H and O–H groups in total. The van der Waals surface area contributed by atoms with Gasteiger partial charge in [-0.1, -0.05) is 31.2 Å². The van der Waals surface area contributed by atoms with Crippen LogP contribution in [0.25, 0.3) is 0 Å². The number of para-hydroxylation sites is 1. The fourth-order valence-electron chi connectivity index (χ4n) is 1.90. The molecule has 1 atom stereocenters. The van der Waals surface area contributed by atoms with E-state index in [-0.39, 0.29) is 6.42 Å². The first-order valence-electron chi connectivity index (χ1n) is 6.49. The highest BCUT2D eigenvalue weighted by atomic mass is 16.4. The Morgan fingerprint density at radius 3 is 2.70 bits per heavy atom. The number of carboxylic acid groups (broad SMARTS) is 1. The van der Waals surface area contributed by atoms with Crippen molar-refractivity contribution in [2.24, 2.45) is 0 Å². The van der Waals surface area contributed by atoms with Gasteiger partial charge in [-0.2, -0.15) is 0 Å². The Morgan fingerprint density at radius 2 is 2.15 bits per heavy atom. The van der Waals surface area contributed by atoms with Gasteiger partial charge in [-0.3, -0.25) is 0 Å². The van der Waals surface area contributed by atoms with Crippen LogP contribution < -0.4 is 10.6 Å². The average Bonchev–Trinajstić information content (AvgIpc) is 2.40. The van der Waals surface area contributed by atoms with E-state index >= 15 is 0 Å². The minimum Gasteiger partial charge on any atom is -0.480 e. The molecule has 1 aromatic carbocycles. The van der Waals surface area contributed by atoms with Gasteiger partial charge < -0.3 is 15.7 Å².